The summed E-state index contributed by atoms with van der Waals surface area (Å²) in [4.78, 5) is 0. The van der Waals surface area contributed by atoms with Crippen molar-refractivity contribution in [2.75, 3.05) is 35.0 Å². The molecule has 5 heteroatoms. The predicted molar refractivity (Wildman–Crippen MR) is 94.6 cm³/mol. The second-order valence-electron chi connectivity index (χ2n) is 5.45. The molecule has 0 fully saturated rings. The highest BCUT2D eigenvalue weighted by Gasteiger charge is 2.17. The van der Waals surface area contributed by atoms with Gasteiger partial charge in [0.2, 0.25) is 5.75 Å². The van der Waals surface area contributed by atoms with E-state index >= 15 is 0 Å². The van der Waals surface area contributed by atoms with Crippen LogP contribution in [0.4, 0.5) is 0 Å². The number of hydrogen-bond acceptors (Lipinski definition) is 5. The fourth-order valence-electron chi connectivity index (χ4n) is 2.77. The van der Waals surface area contributed by atoms with Gasteiger partial charge >= 0.3 is 0 Å². The van der Waals surface area contributed by atoms with E-state index in [0.717, 1.165) is 23.3 Å². The highest BCUT2D eigenvalue weighted by molar-refractivity contribution is 5.54. The van der Waals surface area contributed by atoms with Crippen molar-refractivity contribution in [1.29, 1.82) is 0 Å². The lowest BCUT2D eigenvalue weighted by molar-refractivity contribution is 0.323. The second-order valence-corrected chi connectivity index (χ2v) is 5.45. The molecule has 0 aliphatic heterocycles. The Morgan fingerprint density at radius 3 is 2.04 bits per heavy atom. The zero-order chi connectivity index (χ0) is 17.5. The molecule has 130 valence electrons. The van der Waals surface area contributed by atoms with Crippen molar-refractivity contribution >= 4 is 0 Å². The van der Waals surface area contributed by atoms with Crippen LogP contribution in [0.1, 0.15) is 17.0 Å². The van der Waals surface area contributed by atoms with E-state index in [1.54, 1.807) is 28.4 Å². The van der Waals surface area contributed by atoms with Crippen molar-refractivity contribution < 1.29 is 18.9 Å². The molecule has 2 aromatic rings. The first kappa shape index (κ1) is 17.9. The maximum Gasteiger partial charge on any atom is 0.203 e. The van der Waals surface area contributed by atoms with Crippen LogP contribution >= 0.6 is 0 Å². The maximum absolute atomic E-state index is 6.01. The lowest BCUT2D eigenvalue weighted by atomic mass is 9.91. The van der Waals surface area contributed by atoms with Crippen LogP contribution in [0.5, 0.6) is 23.0 Å². The van der Waals surface area contributed by atoms with Gasteiger partial charge in [-0.05, 0) is 48.4 Å². The van der Waals surface area contributed by atoms with Crippen molar-refractivity contribution in [2.24, 2.45) is 5.73 Å². The average molecular weight is 331 g/mol. The summed E-state index contributed by atoms with van der Waals surface area (Å²) in [6.45, 7) is 0.532. The number of nitrogens with two attached hydrogens (primary N) is 1. The van der Waals surface area contributed by atoms with Crippen LogP contribution < -0.4 is 24.7 Å². The molecule has 0 amide bonds. The number of benzene rings is 2. The van der Waals surface area contributed by atoms with Gasteiger partial charge in [0.1, 0.15) is 5.75 Å². The molecular weight excluding hydrogens is 306 g/mol. The third-order valence-electron chi connectivity index (χ3n) is 4.06. The molecule has 5 nitrogen and oxygen atoms in total. The lowest BCUT2D eigenvalue weighted by Crippen LogP contribution is -2.15. The van der Waals surface area contributed by atoms with Gasteiger partial charge < -0.3 is 24.7 Å². The molecule has 2 rings (SSSR count). The van der Waals surface area contributed by atoms with Gasteiger partial charge in [0, 0.05) is 5.92 Å². The molecule has 0 radical (unpaired) electrons. The normalized spacial score (nSPS) is 11.7. The first-order valence-corrected chi connectivity index (χ1v) is 7.79. The highest BCUT2D eigenvalue weighted by Crippen LogP contribution is 2.39. The molecule has 0 heterocycles. The minimum absolute atomic E-state index is 0.169. The molecule has 2 aromatic carbocycles. The molecule has 0 bridgehead atoms. The van der Waals surface area contributed by atoms with Gasteiger partial charge in [0.15, 0.2) is 11.5 Å². The monoisotopic (exact) mass is 331 g/mol. The van der Waals surface area contributed by atoms with Gasteiger partial charge in [-0.3, -0.25) is 0 Å². The van der Waals surface area contributed by atoms with Gasteiger partial charge in [0.25, 0.3) is 0 Å². The van der Waals surface area contributed by atoms with Crippen molar-refractivity contribution in [2.45, 2.75) is 12.3 Å². The third kappa shape index (κ3) is 3.92. The van der Waals surface area contributed by atoms with Crippen LogP contribution in [-0.4, -0.2) is 35.0 Å². The van der Waals surface area contributed by atoms with E-state index in [9.17, 15) is 0 Å². The highest BCUT2D eigenvalue weighted by atomic mass is 16.5. The van der Waals surface area contributed by atoms with Crippen molar-refractivity contribution in [3.8, 4) is 23.0 Å². The molecule has 1 unspecified atom stereocenters. The zero-order valence-corrected chi connectivity index (χ0v) is 14.7. The summed E-state index contributed by atoms with van der Waals surface area (Å²) in [5.41, 5.74) is 8.23. The molecule has 2 N–H and O–H groups in total. The van der Waals surface area contributed by atoms with Crippen molar-refractivity contribution in [1.82, 2.24) is 0 Å². The van der Waals surface area contributed by atoms with Crippen LogP contribution in [0, 0.1) is 0 Å². The summed E-state index contributed by atoms with van der Waals surface area (Å²) in [6.07, 6.45) is 0.764. The number of ether oxygens (including phenoxy) is 4. The quantitative estimate of drug-likeness (QED) is 0.805. The Balaban J connectivity index is 2.33. The van der Waals surface area contributed by atoms with Gasteiger partial charge in [-0.2, -0.15) is 0 Å². The maximum atomic E-state index is 6.01. The minimum Gasteiger partial charge on any atom is -0.497 e. The Morgan fingerprint density at radius 2 is 1.54 bits per heavy atom. The molecule has 0 saturated heterocycles. The van der Waals surface area contributed by atoms with E-state index in [2.05, 4.69) is 6.07 Å². The Kier molecular flexibility index (Phi) is 6.32. The number of methoxy groups -OCH3 is 4. The van der Waals surface area contributed by atoms with Gasteiger partial charge in [-0.1, -0.05) is 12.1 Å². The largest absolute Gasteiger partial charge is 0.497 e. The number of rotatable bonds is 8. The van der Waals surface area contributed by atoms with Crippen molar-refractivity contribution in [3.05, 3.63) is 47.5 Å². The van der Waals surface area contributed by atoms with Crippen LogP contribution in [0.2, 0.25) is 0 Å². The molecule has 0 saturated carbocycles. The summed E-state index contributed by atoms with van der Waals surface area (Å²) in [5.74, 6) is 2.88. The fourth-order valence-corrected chi connectivity index (χ4v) is 2.77. The third-order valence-corrected chi connectivity index (χ3v) is 4.06. The van der Waals surface area contributed by atoms with E-state index in [0.29, 0.717) is 23.8 Å². The second kappa shape index (κ2) is 8.45. The Hall–Kier alpha value is -2.40. The topological polar surface area (TPSA) is 62.9 Å². The van der Waals surface area contributed by atoms with Crippen LogP contribution in [0.25, 0.3) is 0 Å². The van der Waals surface area contributed by atoms with E-state index in [1.807, 2.05) is 30.3 Å². The minimum atomic E-state index is 0.169. The van der Waals surface area contributed by atoms with Gasteiger partial charge in [0.05, 0.1) is 28.4 Å². The molecule has 0 aromatic heterocycles. The average Bonchev–Trinajstić information content (AvgIpc) is 2.64. The first-order valence-electron chi connectivity index (χ1n) is 7.79. The first-order chi connectivity index (χ1) is 11.7. The Bertz CT molecular complexity index is 647. The molecular formula is C19H25NO4. The van der Waals surface area contributed by atoms with Gasteiger partial charge in [-0.25, -0.2) is 0 Å². The summed E-state index contributed by atoms with van der Waals surface area (Å²) < 4.78 is 21.5. The molecule has 0 spiro atoms. The molecule has 24 heavy (non-hydrogen) atoms. The number of hydrogen-bond donors (Lipinski definition) is 1. The lowest BCUT2D eigenvalue weighted by Gasteiger charge is -2.19. The van der Waals surface area contributed by atoms with Crippen molar-refractivity contribution in [3.63, 3.8) is 0 Å². The molecule has 1 atom stereocenters. The standard InChI is InChI=1S/C19H25NO4/c1-21-16-7-5-6-14(11-16)15(12-20)8-13-9-17(22-2)19(24-4)18(10-13)23-3/h5-7,9-11,15H,8,12,20H2,1-4H3. The zero-order valence-electron chi connectivity index (χ0n) is 14.7. The van der Waals surface area contributed by atoms with Crippen LogP contribution in [-0.2, 0) is 6.42 Å². The SMILES string of the molecule is COc1cccc(C(CN)Cc2cc(OC)c(OC)c(OC)c2)c1. The Morgan fingerprint density at radius 1 is 0.875 bits per heavy atom. The summed E-state index contributed by atoms with van der Waals surface area (Å²) in [5, 5.41) is 0. The summed E-state index contributed by atoms with van der Waals surface area (Å²) in [7, 11) is 6.49. The summed E-state index contributed by atoms with van der Waals surface area (Å²) in [6, 6.07) is 11.9. The van der Waals surface area contributed by atoms with Crippen LogP contribution in [0.3, 0.4) is 0 Å². The fraction of sp³-hybridized carbons (Fsp3) is 0.368. The molecule has 0 aliphatic rings. The molecule has 0 aliphatic carbocycles. The summed E-state index contributed by atoms with van der Waals surface area (Å²) >= 11 is 0. The van der Waals surface area contributed by atoms with E-state index < -0.39 is 0 Å². The van der Waals surface area contributed by atoms with E-state index in [1.165, 1.54) is 0 Å². The van der Waals surface area contributed by atoms with E-state index in [-0.39, 0.29) is 5.92 Å². The van der Waals surface area contributed by atoms with Gasteiger partial charge in [-0.15, -0.1) is 0 Å². The van der Waals surface area contributed by atoms with Crippen LogP contribution in [0.15, 0.2) is 36.4 Å². The van der Waals surface area contributed by atoms with E-state index in [4.69, 9.17) is 24.7 Å². The smallest absolute Gasteiger partial charge is 0.203 e. The predicted octanol–water partition coefficient (Wildman–Crippen LogP) is 3.01. The Labute approximate surface area is 143 Å².